The monoisotopic (exact) mass is 408 g/mol. The molecule has 0 fully saturated rings. The van der Waals surface area contributed by atoms with Crippen molar-refractivity contribution in [2.75, 3.05) is 6.61 Å². The number of hydrogen-bond acceptors (Lipinski definition) is 5. The molecule has 0 aliphatic carbocycles. The Morgan fingerprint density at radius 2 is 1.53 bits per heavy atom. The van der Waals surface area contributed by atoms with Crippen molar-refractivity contribution in [2.45, 2.75) is 62.7 Å². The Balaban J connectivity index is 3.63. The van der Waals surface area contributed by atoms with Crippen LogP contribution in [0.15, 0.2) is 0 Å². The fourth-order valence-corrected chi connectivity index (χ4v) is 2.03. The molecule has 0 N–H and O–H groups in total. The van der Waals surface area contributed by atoms with E-state index in [2.05, 4.69) is 41.5 Å². The van der Waals surface area contributed by atoms with E-state index in [1.807, 2.05) is 0 Å². The van der Waals surface area contributed by atoms with Crippen molar-refractivity contribution in [3.8, 4) is 0 Å². The van der Waals surface area contributed by atoms with Crippen LogP contribution in [-0.2, 0) is 22.5 Å². The molecule has 0 heterocycles. The summed E-state index contributed by atoms with van der Waals surface area (Å²) in [5, 5.41) is 0. The molecule has 0 aliphatic rings. The maximum atomic E-state index is 10.8. The molecule has 19 heavy (non-hydrogen) atoms. The number of hydrogen-bond donors (Lipinski definition) is 0. The van der Waals surface area contributed by atoms with E-state index in [0.29, 0.717) is 13.0 Å². The van der Waals surface area contributed by atoms with Gasteiger partial charge < -0.3 is 0 Å². The molecule has 0 unspecified atom stereocenters. The summed E-state index contributed by atoms with van der Waals surface area (Å²) in [4.78, 5) is 20.9. The van der Waals surface area contributed by atoms with Gasteiger partial charge in [-0.15, -0.1) is 0 Å². The molecule has 0 bridgehead atoms. The van der Waals surface area contributed by atoms with Crippen LogP contribution in [0.4, 0.5) is 0 Å². The van der Waals surface area contributed by atoms with Gasteiger partial charge in [0.2, 0.25) is 0 Å². The summed E-state index contributed by atoms with van der Waals surface area (Å²) in [6.07, 6.45) is 0.538. The van der Waals surface area contributed by atoms with E-state index >= 15 is 0 Å². The predicted octanol–water partition coefficient (Wildman–Crippen LogP) is 2.52. The summed E-state index contributed by atoms with van der Waals surface area (Å²) < 4.78 is 10.4. The second-order valence-corrected chi connectivity index (χ2v) is 12.3. The quantitative estimate of drug-likeness (QED) is 0.194. The Morgan fingerprint density at radius 1 is 1.00 bits per heavy atom. The van der Waals surface area contributed by atoms with Gasteiger partial charge in [-0.05, 0) is 0 Å². The third-order valence-electron chi connectivity index (χ3n) is 1.42. The first-order valence-electron chi connectivity index (χ1n) is 6.08. The molecule has 0 rings (SSSR count). The van der Waals surface area contributed by atoms with E-state index in [1.54, 1.807) is 0 Å². The first-order chi connectivity index (χ1) is 8.64. The first-order valence-corrected chi connectivity index (χ1v) is 9.19. The summed E-state index contributed by atoms with van der Waals surface area (Å²) in [6, 6.07) is 0. The first kappa shape index (κ1) is 19.5. The van der Waals surface area contributed by atoms with Gasteiger partial charge in [0.15, 0.2) is 0 Å². The molecule has 0 spiro atoms. The van der Waals surface area contributed by atoms with E-state index in [-0.39, 0.29) is 39.2 Å². The summed E-state index contributed by atoms with van der Waals surface area (Å²) in [6.45, 7) is 12.7. The molecule has 0 aliphatic heterocycles. The van der Waals surface area contributed by atoms with Crippen molar-refractivity contribution in [1.29, 1.82) is 0 Å². The molecule has 0 saturated heterocycles. The minimum atomic E-state index is -0.602. The van der Waals surface area contributed by atoms with Crippen molar-refractivity contribution < 1.29 is 22.5 Å². The number of aldehydes is 1. The van der Waals surface area contributed by atoms with Crippen LogP contribution in [0.3, 0.4) is 0 Å². The van der Waals surface area contributed by atoms with Crippen molar-refractivity contribution >= 4 is 36.9 Å². The molecular formula is C12H24O5Se2. The van der Waals surface area contributed by atoms with Gasteiger partial charge in [-0.1, -0.05) is 0 Å². The second-order valence-electron chi connectivity index (χ2n) is 5.91. The fourth-order valence-electron chi connectivity index (χ4n) is 0.635. The molecule has 1 atom stereocenters. The molecule has 0 aromatic heterocycles. The summed E-state index contributed by atoms with van der Waals surface area (Å²) >= 11 is -0.169. The molecular weight excluding hydrogens is 382 g/mol. The minimum absolute atomic E-state index is 0.0453. The van der Waals surface area contributed by atoms with Crippen LogP contribution >= 0.6 is 0 Å². The van der Waals surface area contributed by atoms with Gasteiger partial charge in [0.25, 0.3) is 0 Å². The van der Waals surface area contributed by atoms with E-state index in [4.69, 9.17) is 17.7 Å². The molecule has 7 heteroatoms. The van der Waals surface area contributed by atoms with Crippen molar-refractivity contribution in [3.05, 3.63) is 0 Å². The van der Waals surface area contributed by atoms with Crippen LogP contribution in [-0.4, -0.2) is 49.6 Å². The number of carbonyl (C=O) groups is 1. The van der Waals surface area contributed by atoms with Gasteiger partial charge in [-0.3, -0.25) is 0 Å². The zero-order valence-corrected chi connectivity index (χ0v) is 15.9. The Hall–Kier alpha value is 0.549. The maximum absolute atomic E-state index is 10.8. The zero-order valence-electron chi connectivity index (χ0n) is 12.4. The fraction of sp³-hybridized carbons (Fsp3) is 0.917. The van der Waals surface area contributed by atoms with Crippen LogP contribution < -0.4 is 0 Å². The van der Waals surface area contributed by atoms with Gasteiger partial charge in [-0.2, -0.15) is 0 Å². The molecule has 114 valence electrons. The Morgan fingerprint density at radius 3 is 2.00 bits per heavy atom. The van der Waals surface area contributed by atoms with E-state index in [1.165, 1.54) is 0 Å². The third-order valence-corrected chi connectivity index (χ3v) is 4.17. The molecule has 0 aromatic rings. The van der Waals surface area contributed by atoms with Gasteiger partial charge in [0.1, 0.15) is 0 Å². The van der Waals surface area contributed by atoms with Crippen LogP contribution in [0, 0.1) is 0 Å². The van der Waals surface area contributed by atoms with Crippen molar-refractivity contribution in [3.63, 3.8) is 0 Å². The van der Waals surface area contributed by atoms with E-state index in [0.717, 1.165) is 6.29 Å². The Labute approximate surface area is 128 Å². The topological polar surface area (TPSA) is 54.0 Å². The molecule has 0 saturated carbocycles. The Bertz CT molecular complexity index is 247. The normalized spacial score (nSPS) is 14.4. The van der Waals surface area contributed by atoms with E-state index in [9.17, 15) is 4.79 Å². The van der Waals surface area contributed by atoms with Gasteiger partial charge in [-0.25, -0.2) is 0 Å². The zero-order chi connectivity index (χ0) is 14.9. The average molecular weight is 406 g/mol. The average Bonchev–Trinajstić information content (AvgIpc) is 2.23. The molecule has 0 amide bonds. The Kier molecular flexibility index (Phi) is 9.75. The molecule has 5 nitrogen and oxygen atoms in total. The number of carbonyl (C=O) groups excluding carboxylic acids is 1. The number of rotatable bonds is 9. The van der Waals surface area contributed by atoms with Crippen LogP contribution in [0.2, 0.25) is 8.63 Å². The summed E-state index contributed by atoms with van der Waals surface area (Å²) in [5.74, 6) is 0. The SMILES string of the molecule is CC(C)(C)[Se]OOCC[C@H](C=O)OO[Se]C(C)(C)C. The summed E-state index contributed by atoms with van der Waals surface area (Å²) in [5.41, 5.74) is 0. The second kappa shape index (κ2) is 9.48. The van der Waals surface area contributed by atoms with E-state index < -0.39 is 6.10 Å². The van der Waals surface area contributed by atoms with Crippen molar-refractivity contribution in [2.24, 2.45) is 0 Å². The van der Waals surface area contributed by atoms with Crippen LogP contribution in [0.5, 0.6) is 0 Å². The van der Waals surface area contributed by atoms with Crippen LogP contribution in [0.1, 0.15) is 48.0 Å². The van der Waals surface area contributed by atoms with Gasteiger partial charge in [0.05, 0.1) is 0 Å². The van der Waals surface area contributed by atoms with Crippen LogP contribution in [0.25, 0.3) is 0 Å². The standard InChI is InChI=1S/C12H24O5Se2/c1-11(2,3)18-16-14-8-7-10(9-13)15-17-19-12(4,5)6/h9-10H,7-8H2,1-6H3/t10-/m1/s1. The van der Waals surface area contributed by atoms with Gasteiger partial charge in [0, 0.05) is 0 Å². The van der Waals surface area contributed by atoms with Gasteiger partial charge >= 0.3 is 129 Å². The summed E-state index contributed by atoms with van der Waals surface area (Å²) in [7, 11) is 0. The molecule has 0 aromatic carbocycles. The van der Waals surface area contributed by atoms with Crippen molar-refractivity contribution in [1.82, 2.24) is 0 Å². The molecule has 0 radical (unpaired) electrons. The third kappa shape index (κ3) is 14.8. The predicted molar refractivity (Wildman–Crippen MR) is 74.6 cm³/mol.